The van der Waals surface area contributed by atoms with Crippen molar-refractivity contribution in [2.24, 2.45) is 0 Å². The van der Waals surface area contributed by atoms with Gasteiger partial charge in [-0.15, -0.1) is 0 Å². The number of carboxylic acid groups (broad SMARTS) is 1. The normalized spacial score (nSPS) is 15.7. The van der Waals surface area contributed by atoms with Crippen LogP contribution in [0.3, 0.4) is 0 Å². The number of imidazole rings is 1. The van der Waals surface area contributed by atoms with Crippen molar-refractivity contribution in [3.8, 4) is 0 Å². The molecule has 0 unspecified atom stereocenters. The predicted molar refractivity (Wildman–Crippen MR) is 103 cm³/mol. The fourth-order valence-corrected chi connectivity index (χ4v) is 3.52. The number of nitrogens with zero attached hydrogens (tertiary/aromatic N) is 2. The highest BCUT2D eigenvalue weighted by molar-refractivity contribution is 6.33. The van der Waals surface area contributed by atoms with Crippen LogP contribution in [0.15, 0.2) is 48.7 Å². The van der Waals surface area contributed by atoms with E-state index in [0.29, 0.717) is 11.0 Å². The fourth-order valence-electron chi connectivity index (χ4n) is 3.29. The Morgan fingerprint density at radius 2 is 1.83 bits per heavy atom. The van der Waals surface area contributed by atoms with Crippen LogP contribution in [0.1, 0.15) is 40.6 Å². The molecule has 2 heterocycles. The Morgan fingerprint density at radius 3 is 2.53 bits per heavy atom. The van der Waals surface area contributed by atoms with Gasteiger partial charge < -0.3 is 10.4 Å². The highest BCUT2D eigenvalue weighted by Gasteiger charge is 2.38. The number of carbonyl (C=O) groups is 2. The van der Waals surface area contributed by atoms with E-state index in [4.69, 9.17) is 21.5 Å². The molecule has 2 aromatic heterocycles. The van der Waals surface area contributed by atoms with Crippen LogP contribution in [0, 0.1) is 0 Å². The predicted octanol–water partition coefficient (Wildman–Crippen LogP) is 4.43. The number of aryl methyl sites for hydroxylation is 1. The molecule has 1 aliphatic rings. The minimum atomic E-state index is -5.08. The van der Waals surface area contributed by atoms with E-state index in [0.717, 1.165) is 24.8 Å². The van der Waals surface area contributed by atoms with Crippen LogP contribution in [-0.2, 0) is 11.2 Å². The Labute approximate surface area is 174 Å². The second-order valence-electron chi connectivity index (χ2n) is 6.60. The number of rotatable bonds is 2. The van der Waals surface area contributed by atoms with Crippen LogP contribution < -0.4 is 5.32 Å². The lowest BCUT2D eigenvalue weighted by Gasteiger charge is -2.26. The van der Waals surface area contributed by atoms with E-state index in [1.54, 1.807) is 10.6 Å². The molecule has 0 radical (unpaired) electrons. The molecule has 6 nitrogen and oxygen atoms in total. The van der Waals surface area contributed by atoms with Crippen molar-refractivity contribution in [1.29, 1.82) is 0 Å². The molecule has 3 aromatic rings. The summed E-state index contributed by atoms with van der Waals surface area (Å²) in [7, 11) is 0. The molecule has 0 aliphatic heterocycles. The minimum Gasteiger partial charge on any atom is -0.475 e. The molecular formula is C20H17ClF3N3O3. The zero-order valence-electron chi connectivity index (χ0n) is 15.5. The van der Waals surface area contributed by atoms with Crippen molar-refractivity contribution >= 4 is 29.0 Å². The topological polar surface area (TPSA) is 83.7 Å². The number of hydrogen-bond donors (Lipinski definition) is 2. The van der Waals surface area contributed by atoms with Gasteiger partial charge in [0.05, 0.1) is 11.6 Å². The maximum absolute atomic E-state index is 12.7. The molecule has 1 aliphatic carbocycles. The fraction of sp³-hybridized carbons (Fsp3) is 0.250. The lowest BCUT2D eigenvalue weighted by Crippen LogP contribution is -2.32. The highest BCUT2D eigenvalue weighted by Crippen LogP contribution is 2.30. The van der Waals surface area contributed by atoms with Gasteiger partial charge in [0.1, 0.15) is 0 Å². The van der Waals surface area contributed by atoms with Crippen LogP contribution in [0.5, 0.6) is 0 Å². The molecule has 0 saturated carbocycles. The molecule has 10 heteroatoms. The van der Waals surface area contributed by atoms with Gasteiger partial charge in [-0.2, -0.15) is 13.2 Å². The van der Waals surface area contributed by atoms with Crippen LogP contribution >= 0.6 is 11.6 Å². The van der Waals surface area contributed by atoms with E-state index >= 15 is 0 Å². The second-order valence-corrected chi connectivity index (χ2v) is 6.96. The third-order valence-electron chi connectivity index (χ3n) is 4.62. The number of carbonyl (C=O) groups excluding carboxylic acids is 1. The molecule has 0 fully saturated rings. The monoisotopic (exact) mass is 439 g/mol. The average molecular weight is 440 g/mol. The standard InChI is InChI=1S/C18H16ClN3O.C2HF3O2/c19-16-15-10-3-4-11-22(15)17(21-16)18(23)20-14-9-5-7-12-6-1-2-8-13(12)14;3-2(4,5)1(6)7/h1-4,6,8,10-11,14H,5,7,9H2,(H,20,23);(H,6,7)/t14-;/m0./s1. The van der Waals surface area contributed by atoms with Crippen molar-refractivity contribution in [3.63, 3.8) is 0 Å². The van der Waals surface area contributed by atoms with Gasteiger partial charge in [0.25, 0.3) is 5.91 Å². The number of nitrogens with one attached hydrogen (secondary N) is 1. The van der Waals surface area contributed by atoms with Crippen molar-refractivity contribution in [2.75, 3.05) is 0 Å². The Bertz CT molecular complexity index is 1080. The maximum atomic E-state index is 12.7. The lowest BCUT2D eigenvalue weighted by atomic mass is 9.88. The van der Waals surface area contributed by atoms with Crippen molar-refractivity contribution < 1.29 is 27.9 Å². The Morgan fingerprint density at radius 1 is 1.17 bits per heavy atom. The van der Waals surface area contributed by atoms with Crippen LogP contribution in [0.2, 0.25) is 5.15 Å². The zero-order chi connectivity index (χ0) is 21.9. The summed E-state index contributed by atoms with van der Waals surface area (Å²) in [5.41, 5.74) is 3.26. The summed E-state index contributed by atoms with van der Waals surface area (Å²) in [4.78, 5) is 25.8. The first-order valence-corrected chi connectivity index (χ1v) is 9.37. The van der Waals surface area contributed by atoms with Gasteiger partial charge in [-0.05, 0) is 42.5 Å². The molecular weight excluding hydrogens is 423 g/mol. The number of alkyl halides is 3. The number of amides is 1. The van der Waals surface area contributed by atoms with Crippen LogP contribution in [0.25, 0.3) is 5.52 Å². The van der Waals surface area contributed by atoms with E-state index in [1.807, 2.05) is 30.3 Å². The van der Waals surface area contributed by atoms with Crippen LogP contribution in [-0.4, -0.2) is 32.5 Å². The van der Waals surface area contributed by atoms with Crippen molar-refractivity contribution in [1.82, 2.24) is 14.7 Å². The molecule has 2 N–H and O–H groups in total. The number of aliphatic carboxylic acids is 1. The molecule has 1 atom stereocenters. The van der Waals surface area contributed by atoms with E-state index in [2.05, 4.69) is 22.4 Å². The number of pyridine rings is 1. The highest BCUT2D eigenvalue weighted by atomic mass is 35.5. The third kappa shape index (κ3) is 4.73. The molecule has 0 spiro atoms. The zero-order valence-corrected chi connectivity index (χ0v) is 16.2. The van der Waals surface area contributed by atoms with Crippen molar-refractivity contribution in [3.05, 3.63) is 70.8 Å². The molecule has 30 heavy (non-hydrogen) atoms. The molecule has 1 aromatic carbocycles. The largest absolute Gasteiger partial charge is 0.490 e. The summed E-state index contributed by atoms with van der Waals surface area (Å²) in [5, 5.41) is 10.6. The number of halogens is 4. The maximum Gasteiger partial charge on any atom is 0.490 e. The Balaban J connectivity index is 0.000000318. The summed E-state index contributed by atoms with van der Waals surface area (Å²) in [6.45, 7) is 0. The van der Waals surface area contributed by atoms with Gasteiger partial charge in [0, 0.05) is 6.20 Å². The van der Waals surface area contributed by atoms with E-state index in [9.17, 15) is 18.0 Å². The molecule has 0 saturated heterocycles. The van der Waals surface area contributed by atoms with Gasteiger partial charge in [0.2, 0.25) is 5.82 Å². The van der Waals surface area contributed by atoms with Gasteiger partial charge in [0.15, 0.2) is 5.15 Å². The second kappa shape index (κ2) is 8.74. The average Bonchev–Trinajstić information content (AvgIpc) is 3.05. The van der Waals surface area contributed by atoms with E-state index < -0.39 is 12.1 Å². The van der Waals surface area contributed by atoms with Gasteiger partial charge in [-0.1, -0.05) is 41.9 Å². The van der Waals surface area contributed by atoms with Gasteiger partial charge >= 0.3 is 12.1 Å². The Kier molecular flexibility index (Phi) is 6.31. The number of aromatic nitrogens is 2. The molecule has 0 bridgehead atoms. The van der Waals surface area contributed by atoms with Gasteiger partial charge in [-0.25, -0.2) is 9.78 Å². The van der Waals surface area contributed by atoms with E-state index in [1.165, 1.54) is 11.1 Å². The quantitative estimate of drug-likeness (QED) is 0.618. The number of carboxylic acids is 1. The first kappa shape index (κ1) is 21.6. The summed E-state index contributed by atoms with van der Waals surface area (Å²) in [6.07, 6.45) is -0.191. The first-order valence-electron chi connectivity index (χ1n) is 9.00. The summed E-state index contributed by atoms with van der Waals surface area (Å²) < 4.78 is 33.5. The molecule has 1 amide bonds. The molecule has 158 valence electrons. The first-order chi connectivity index (χ1) is 14.2. The smallest absolute Gasteiger partial charge is 0.475 e. The summed E-state index contributed by atoms with van der Waals surface area (Å²) in [6, 6.07) is 13.9. The van der Waals surface area contributed by atoms with Crippen molar-refractivity contribution in [2.45, 2.75) is 31.5 Å². The number of benzene rings is 1. The van der Waals surface area contributed by atoms with Crippen LogP contribution in [0.4, 0.5) is 13.2 Å². The number of hydrogen-bond acceptors (Lipinski definition) is 3. The van der Waals surface area contributed by atoms with E-state index in [-0.39, 0.29) is 11.9 Å². The number of fused-ring (bicyclic) bond motifs is 2. The summed E-state index contributed by atoms with van der Waals surface area (Å²) >= 11 is 6.13. The Hall–Kier alpha value is -3.07. The lowest BCUT2D eigenvalue weighted by molar-refractivity contribution is -0.192. The SMILES string of the molecule is O=C(N[C@H]1CCCc2ccccc21)c1nc(Cl)c2ccccn12.O=C(O)C(F)(F)F. The minimum absolute atomic E-state index is 0.0299. The summed E-state index contributed by atoms with van der Waals surface area (Å²) in [5.74, 6) is -2.62. The third-order valence-corrected chi connectivity index (χ3v) is 4.90. The van der Waals surface area contributed by atoms with Gasteiger partial charge in [-0.3, -0.25) is 9.20 Å². The molecule has 4 rings (SSSR count).